The summed E-state index contributed by atoms with van der Waals surface area (Å²) >= 11 is 7.29. The summed E-state index contributed by atoms with van der Waals surface area (Å²) in [4.78, 5) is 32.7. The van der Waals surface area contributed by atoms with Gasteiger partial charge in [0, 0.05) is 5.56 Å². The van der Waals surface area contributed by atoms with Crippen LogP contribution in [0.25, 0.3) is 22.3 Å². The van der Waals surface area contributed by atoms with Crippen LogP contribution >= 0.6 is 24.0 Å². The van der Waals surface area contributed by atoms with E-state index in [0.717, 1.165) is 11.1 Å². The Labute approximate surface area is 188 Å². The second kappa shape index (κ2) is 8.09. The largest absolute Gasteiger partial charge is 0.273 e. The van der Waals surface area contributed by atoms with Crippen LogP contribution in [-0.2, 0) is 4.79 Å². The van der Waals surface area contributed by atoms with Crippen molar-refractivity contribution in [2.45, 2.75) is 5.37 Å². The van der Waals surface area contributed by atoms with Crippen molar-refractivity contribution in [3.05, 3.63) is 101 Å². The van der Waals surface area contributed by atoms with E-state index < -0.39 is 0 Å². The highest BCUT2D eigenvalue weighted by atomic mass is 32.2. The molecule has 31 heavy (non-hydrogen) atoms. The maximum Gasteiger partial charge on any atom is 0.268 e. The van der Waals surface area contributed by atoms with E-state index in [-0.39, 0.29) is 22.0 Å². The number of carbonyl (C=O) groups is 1. The van der Waals surface area contributed by atoms with Crippen LogP contribution < -0.4 is 5.56 Å². The number of thioether (sulfide) groups is 1. The van der Waals surface area contributed by atoms with Crippen LogP contribution in [0.15, 0.2) is 89.7 Å². The molecular formula is C24H17N3O2S2. The Bertz CT molecular complexity index is 1350. The SMILES string of the molecule is O=C1CSC(c2ccccc2)N1C(=S)n1c(-c2ccccc2)nc2ccccc2c1=O. The number of hydrogen-bond acceptors (Lipinski definition) is 5. The number of aromatic nitrogens is 2. The van der Waals surface area contributed by atoms with Gasteiger partial charge in [0.25, 0.3) is 5.56 Å². The number of rotatable bonds is 2. The van der Waals surface area contributed by atoms with Gasteiger partial charge in [-0.05, 0) is 29.9 Å². The normalized spacial score (nSPS) is 16.1. The minimum absolute atomic E-state index is 0.122. The van der Waals surface area contributed by atoms with Crippen LogP contribution in [0.5, 0.6) is 0 Å². The van der Waals surface area contributed by atoms with Gasteiger partial charge in [-0.2, -0.15) is 0 Å². The second-order valence-electron chi connectivity index (χ2n) is 7.08. The number of fused-ring (bicyclic) bond motifs is 1. The molecular weight excluding hydrogens is 426 g/mol. The van der Waals surface area contributed by atoms with Crippen LogP contribution in [0.3, 0.4) is 0 Å². The lowest BCUT2D eigenvalue weighted by Crippen LogP contribution is -2.43. The summed E-state index contributed by atoms with van der Waals surface area (Å²) in [6, 6.07) is 26.3. The van der Waals surface area contributed by atoms with E-state index in [1.807, 2.05) is 66.7 Å². The summed E-state index contributed by atoms with van der Waals surface area (Å²) in [5.74, 6) is 0.601. The highest BCUT2D eigenvalue weighted by Gasteiger charge is 2.37. The van der Waals surface area contributed by atoms with Gasteiger partial charge in [0.1, 0.15) is 11.2 Å². The smallest absolute Gasteiger partial charge is 0.268 e. The number of nitrogens with zero attached hydrogens (tertiary/aromatic N) is 3. The second-order valence-corrected chi connectivity index (χ2v) is 8.51. The number of thiocarbonyl (C=S) groups is 1. The van der Waals surface area contributed by atoms with Crippen molar-refractivity contribution in [2.24, 2.45) is 0 Å². The van der Waals surface area contributed by atoms with E-state index in [1.54, 1.807) is 23.1 Å². The molecule has 1 unspecified atom stereocenters. The molecule has 0 N–H and O–H groups in total. The average molecular weight is 444 g/mol. The Morgan fingerprint density at radius 1 is 0.903 bits per heavy atom. The molecule has 1 amide bonds. The third-order valence-corrected chi connectivity index (χ3v) is 6.75. The summed E-state index contributed by atoms with van der Waals surface area (Å²) in [5, 5.41) is 0.314. The fourth-order valence-electron chi connectivity index (χ4n) is 3.69. The maximum atomic E-state index is 13.6. The Kier molecular flexibility index (Phi) is 5.13. The van der Waals surface area contributed by atoms with Crippen molar-refractivity contribution in [1.82, 2.24) is 14.5 Å². The van der Waals surface area contributed by atoms with Gasteiger partial charge in [0.2, 0.25) is 5.91 Å². The van der Waals surface area contributed by atoms with Crippen molar-refractivity contribution in [3.63, 3.8) is 0 Å². The summed E-state index contributed by atoms with van der Waals surface area (Å²) in [7, 11) is 0. The number of benzene rings is 3. The standard InChI is InChI=1S/C24H17N3O2S2/c28-20-15-31-23(17-11-5-2-6-12-17)26(20)24(30)27-21(16-9-3-1-4-10-16)25-19-14-8-7-13-18(19)22(27)29/h1-14,23H,15H2. The lowest BCUT2D eigenvalue weighted by Gasteiger charge is -2.26. The first kappa shape index (κ1) is 19.7. The topological polar surface area (TPSA) is 55.2 Å². The van der Waals surface area contributed by atoms with E-state index in [9.17, 15) is 9.59 Å². The molecule has 1 aromatic heterocycles. The van der Waals surface area contributed by atoms with Crippen molar-refractivity contribution in [1.29, 1.82) is 0 Å². The molecule has 152 valence electrons. The van der Waals surface area contributed by atoms with Gasteiger partial charge in [0.05, 0.1) is 16.7 Å². The van der Waals surface area contributed by atoms with Crippen LogP contribution in [0, 0.1) is 0 Å². The lowest BCUT2D eigenvalue weighted by molar-refractivity contribution is -0.124. The molecule has 7 heteroatoms. The zero-order chi connectivity index (χ0) is 21.4. The number of hydrogen-bond donors (Lipinski definition) is 0. The average Bonchev–Trinajstić information content (AvgIpc) is 3.21. The lowest BCUT2D eigenvalue weighted by atomic mass is 10.2. The van der Waals surface area contributed by atoms with E-state index in [0.29, 0.717) is 22.5 Å². The molecule has 0 aliphatic carbocycles. The molecule has 5 nitrogen and oxygen atoms in total. The van der Waals surface area contributed by atoms with E-state index in [4.69, 9.17) is 17.2 Å². The third kappa shape index (κ3) is 3.45. The number of amides is 1. The molecule has 1 saturated heterocycles. The fourth-order valence-corrected chi connectivity index (χ4v) is 5.29. The van der Waals surface area contributed by atoms with E-state index >= 15 is 0 Å². The Hall–Kier alpha value is -3.29. The minimum Gasteiger partial charge on any atom is -0.273 e. The summed E-state index contributed by atoms with van der Waals surface area (Å²) in [6.45, 7) is 0. The summed E-state index contributed by atoms with van der Waals surface area (Å²) < 4.78 is 1.40. The summed E-state index contributed by atoms with van der Waals surface area (Å²) in [6.07, 6.45) is 0. The van der Waals surface area contributed by atoms with Gasteiger partial charge in [-0.15, -0.1) is 11.8 Å². The quantitative estimate of drug-likeness (QED) is 0.428. The molecule has 5 rings (SSSR count). The van der Waals surface area contributed by atoms with Crippen molar-refractivity contribution in [3.8, 4) is 11.4 Å². The first-order valence-corrected chi connectivity index (χ1v) is 11.2. The molecule has 3 aromatic carbocycles. The van der Waals surface area contributed by atoms with Crippen LogP contribution in [0.2, 0.25) is 0 Å². The zero-order valence-corrected chi connectivity index (χ0v) is 18.0. The third-order valence-electron chi connectivity index (χ3n) is 5.16. The molecule has 1 atom stereocenters. The number of para-hydroxylation sites is 1. The highest BCUT2D eigenvalue weighted by Crippen LogP contribution is 2.39. The van der Waals surface area contributed by atoms with Gasteiger partial charge in [-0.25, -0.2) is 9.55 Å². The first-order chi connectivity index (χ1) is 15.1. The predicted molar refractivity (Wildman–Crippen MR) is 128 cm³/mol. The highest BCUT2D eigenvalue weighted by molar-refractivity contribution is 8.00. The van der Waals surface area contributed by atoms with Crippen LogP contribution in [-0.4, -0.2) is 31.2 Å². The van der Waals surface area contributed by atoms with Crippen molar-refractivity contribution < 1.29 is 4.79 Å². The van der Waals surface area contributed by atoms with Crippen molar-refractivity contribution >= 4 is 45.9 Å². The molecule has 4 aromatic rings. The van der Waals surface area contributed by atoms with Crippen LogP contribution in [0.4, 0.5) is 0 Å². The Morgan fingerprint density at radius 3 is 2.29 bits per heavy atom. The van der Waals surface area contributed by atoms with E-state index in [1.165, 1.54) is 16.3 Å². The summed E-state index contributed by atoms with van der Waals surface area (Å²) in [5.41, 5.74) is 2.02. The molecule has 0 spiro atoms. The molecule has 2 heterocycles. The van der Waals surface area contributed by atoms with Gasteiger partial charge >= 0.3 is 0 Å². The molecule has 1 aliphatic rings. The molecule has 0 radical (unpaired) electrons. The zero-order valence-electron chi connectivity index (χ0n) is 16.3. The maximum absolute atomic E-state index is 13.6. The van der Waals surface area contributed by atoms with Crippen molar-refractivity contribution in [2.75, 3.05) is 5.75 Å². The molecule has 1 aliphatic heterocycles. The predicted octanol–water partition coefficient (Wildman–Crippen LogP) is 4.47. The fraction of sp³-hybridized carbons (Fsp3) is 0.0833. The molecule has 0 bridgehead atoms. The first-order valence-electron chi connectivity index (χ1n) is 9.75. The number of carbonyl (C=O) groups excluding carboxylic acids is 1. The minimum atomic E-state index is -0.289. The Morgan fingerprint density at radius 2 is 1.55 bits per heavy atom. The molecule has 0 saturated carbocycles. The van der Waals surface area contributed by atoms with Gasteiger partial charge in [-0.1, -0.05) is 72.8 Å². The van der Waals surface area contributed by atoms with Gasteiger partial charge in [-0.3, -0.25) is 14.5 Å². The monoisotopic (exact) mass is 443 g/mol. The molecule has 1 fully saturated rings. The van der Waals surface area contributed by atoms with Gasteiger partial charge in [0.15, 0.2) is 5.11 Å². The Balaban J connectivity index is 1.72. The van der Waals surface area contributed by atoms with Crippen LogP contribution in [0.1, 0.15) is 10.9 Å². The van der Waals surface area contributed by atoms with E-state index in [2.05, 4.69) is 0 Å². The van der Waals surface area contributed by atoms with Gasteiger partial charge < -0.3 is 0 Å².